The van der Waals surface area contributed by atoms with Crippen LogP contribution in [0.1, 0.15) is 30.6 Å². The Balaban J connectivity index is 0.00000264. The maximum Gasteiger partial charge on any atom is 0.193 e. The standard InChI is InChI=1S/C17H30N4S.HI/c1-18-17(21(3)12-10-16-9-6-14-22-16)19-11-13-20(2)15-7-4-5-8-15;/h6,9,14-15H,4-5,7-8,10-13H2,1-3H3,(H,18,19);1H. The van der Waals surface area contributed by atoms with Gasteiger partial charge in [0, 0.05) is 44.6 Å². The number of likely N-dealkylation sites (N-methyl/N-ethyl adjacent to an activating group) is 2. The van der Waals surface area contributed by atoms with E-state index in [1.165, 1.54) is 30.6 Å². The van der Waals surface area contributed by atoms with Crippen molar-refractivity contribution in [3.05, 3.63) is 22.4 Å². The molecule has 0 aromatic carbocycles. The molecule has 1 heterocycles. The molecule has 132 valence electrons. The summed E-state index contributed by atoms with van der Waals surface area (Å²) in [5.41, 5.74) is 0. The number of rotatable bonds is 7. The van der Waals surface area contributed by atoms with E-state index in [2.05, 4.69) is 51.7 Å². The molecule has 0 saturated heterocycles. The summed E-state index contributed by atoms with van der Waals surface area (Å²) in [6.07, 6.45) is 6.61. The number of guanidine groups is 1. The third-order valence-corrected chi connectivity index (χ3v) is 5.48. The predicted molar refractivity (Wildman–Crippen MR) is 112 cm³/mol. The molecule has 0 unspecified atom stereocenters. The van der Waals surface area contributed by atoms with Crippen molar-refractivity contribution in [1.82, 2.24) is 15.1 Å². The van der Waals surface area contributed by atoms with Gasteiger partial charge in [0.2, 0.25) is 0 Å². The van der Waals surface area contributed by atoms with Crippen LogP contribution in [0.4, 0.5) is 0 Å². The van der Waals surface area contributed by atoms with Crippen LogP contribution in [0.3, 0.4) is 0 Å². The average molecular weight is 450 g/mol. The molecule has 1 N–H and O–H groups in total. The van der Waals surface area contributed by atoms with Crippen LogP contribution in [0.5, 0.6) is 0 Å². The zero-order valence-corrected chi connectivity index (χ0v) is 17.8. The molecule has 1 aliphatic carbocycles. The van der Waals surface area contributed by atoms with Crippen molar-refractivity contribution >= 4 is 41.3 Å². The lowest BCUT2D eigenvalue weighted by molar-refractivity contribution is 0.248. The van der Waals surface area contributed by atoms with Crippen LogP contribution in [0.25, 0.3) is 0 Å². The predicted octanol–water partition coefficient (Wildman–Crippen LogP) is 3.29. The first-order chi connectivity index (χ1) is 10.7. The fourth-order valence-corrected chi connectivity index (χ4v) is 3.79. The van der Waals surface area contributed by atoms with Crippen LogP contribution < -0.4 is 5.32 Å². The van der Waals surface area contributed by atoms with Gasteiger partial charge in [0.05, 0.1) is 0 Å². The van der Waals surface area contributed by atoms with Crippen molar-refractivity contribution in [2.75, 3.05) is 40.8 Å². The zero-order chi connectivity index (χ0) is 15.8. The summed E-state index contributed by atoms with van der Waals surface area (Å²) in [5.74, 6) is 0.997. The molecule has 1 aliphatic rings. The van der Waals surface area contributed by atoms with Gasteiger partial charge >= 0.3 is 0 Å². The van der Waals surface area contributed by atoms with Crippen LogP contribution in [-0.2, 0) is 6.42 Å². The number of hydrogen-bond donors (Lipinski definition) is 1. The largest absolute Gasteiger partial charge is 0.355 e. The van der Waals surface area contributed by atoms with Gasteiger partial charge in [0.15, 0.2) is 5.96 Å². The van der Waals surface area contributed by atoms with E-state index < -0.39 is 0 Å². The first-order valence-electron chi connectivity index (χ1n) is 8.35. The quantitative estimate of drug-likeness (QED) is 0.393. The van der Waals surface area contributed by atoms with Gasteiger partial charge in [0.25, 0.3) is 0 Å². The molecule has 0 spiro atoms. The van der Waals surface area contributed by atoms with E-state index in [9.17, 15) is 0 Å². The third kappa shape index (κ3) is 6.97. The van der Waals surface area contributed by atoms with Crippen molar-refractivity contribution in [3.8, 4) is 0 Å². The Labute approximate surface area is 162 Å². The Kier molecular flexibility index (Phi) is 10.1. The van der Waals surface area contributed by atoms with Gasteiger partial charge in [-0.3, -0.25) is 4.99 Å². The maximum atomic E-state index is 4.40. The smallest absolute Gasteiger partial charge is 0.193 e. The molecule has 0 aliphatic heterocycles. The Morgan fingerprint density at radius 3 is 2.65 bits per heavy atom. The molecule has 1 aromatic rings. The van der Waals surface area contributed by atoms with Crippen LogP contribution in [-0.4, -0.2) is 62.6 Å². The Morgan fingerprint density at radius 1 is 1.30 bits per heavy atom. The lowest BCUT2D eigenvalue weighted by Gasteiger charge is -2.26. The first-order valence-corrected chi connectivity index (χ1v) is 9.23. The third-order valence-electron chi connectivity index (χ3n) is 4.54. The summed E-state index contributed by atoms with van der Waals surface area (Å²) in [7, 11) is 6.23. The minimum Gasteiger partial charge on any atom is -0.355 e. The van der Waals surface area contributed by atoms with Gasteiger partial charge in [-0.1, -0.05) is 18.9 Å². The summed E-state index contributed by atoms with van der Waals surface area (Å²) in [6.45, 7) is 3.05. The van der Waals surface area contributed by atoms with Crippen LogP contribution in [0.15, 0.2) is 22.5 Å². The Bertz CT molecular complexity index is 443. The van der Waals surface area contributed by atoms with Crippen molar-refractivity contribution < 1.29 is 0 Å². The molecule has 4 nitrogen and oxygen atoms in total. The second-order valence-corrected chi connectivity index (χ2v) is 7.18. The molecule has 0 atom stereocenters. The number of halogens is 1. The molecule has 6 heteroatoms. The highest BCUT2D eigenvalue weighted by molar-refractivity contribution is 14.0. The molecule has 23 heavy (non-hydrogen) atoms. The van der Waals surface area contributed by atoms with Gasteiger partial charge in [-0.15, -0.1) is 35.3 Å². The van der Waals surface area contributed by atoms with Crippen LogP contribution in [0, 0.1) is 0 Å². The molecular weight excluding hydrogens is 419 g/mol. The van der Waals surface area contributed by atoms with E-state index in [-0.39, 0.29) is 24.0 Å². The van der Waals surface area contributed by atoms with Crippen molar-refractivity contribution in [3.63, 3.8) is 0 Å². The molecule has 1 aromatic heterocycles. The van der Waals surface area contributed by atoms with Gasteiger partial charge in [-0.2, -0.15) is 0 Å². The number of hydrogen-bond acceptors (Lipinski definition) is 3. The average Bonchev–Trinajstić information content (AvgIpc) is 3.22. The number of nitrogens with zero attached hydrogens (tertiary/aromatic N) is 3. The van der Waals surface area contributed by atoms with Crippen molar-refractivity contribution in [2.24, 2.45) is 4.99 Å². The maximum absolute atomic E-state index is 4.40. The SMILES string of the molecule is CN=C(NCCN(C)C1CCCC1)N(C)CCc1cccs1.I. The summed E-state index contributed by atoms with van der Waals surface area (Å²) in [5, 5.41) is 5.63. The van der Waals surface area contributed by atoms with Crippen molar-refractivity contribution in [1.29, 1.82) is 0 Å². The summed E-state index contributed by atoms with van der Waals surface area (Å²) >= 11 is 1.83. The highest BCUT2D eigenvalue weighted by Gasteiger charge is 2.19. The van der Waals surface area contributed by atoms with E-state index in [1.54, 1.807) is 0 Å². The van der Waals surface area contributed by atoms with Crippen LogP contribution in [0.2, 0.25) is 0 Å². The molecule has 0 bridgehead atoms. The van der Waals surface area contributed by atoms with Gasteiger partial charge in [-0.05, 0) is 37.8 Å². The topological polar surface area (TPSA) is 30.9 Å². The van der Waals surface area contributed by atoms with Gasteiger partial charge < -0.3 is 15.1 Å². The monoisotopic (exact) mass is 450 g/mol. The summed E-state index contributed by atoms with van der Waals surface area (Å²) in [4.78, 5) is 10.5. The Hall–Kier alpha value is -0.340. The normalized spacial score (nSPS) is 15.7. The van der Waals surface area contributed by atoms with E-state index in [0.717, 1.165) is 38.1 Å². The number of nitrogens with one attached hydrogen (secondary N) is 1. The zero-order valence-electron chi connectivity index (χ0n) is 14.6. The Morgan fingerprint density at radius 2 is 2.04 bits per heavy atom. The highest BCUT2D eigenvalue weighted by Crippen LogP contribution is 2.21. The summed E-state index contributed by atoms with van der Waals surface area (Å²) in [6, 6.07) is 5.11. The lowest BCUT2D eigenvalue weighted by Crippen LogP contribution is -2.43. The molecular formula is C17H31IN4S. The van der Waals surface area contributed by atoms with E-state index in [1.807, 2.05) is 18.4 Å². The fourth-order valence-electron chi connectivity index (χ4n) is 3.10. The van der Waals surface area contributed by atoms with Gasteiger partial charge in [-0.25, -0.2) is 0 Å². The summed E-state index contributed by atoms with van der Waals surface area (Å²) < 4.78 is 0. The molecule has 0 amide bonds. The highest BCUT2D eigenvalue weighted by atomic mass is 127. The molecule has 0 radical (unpaired) electrons. The minimum atomic E-state index is 0. The van der Waals surface area contributed by atoms with E-state index in [4.69, 9.17) is 0 Å². The second-order valence-electron chi connectivity index (χ2n) is 6.14. The molecule has 1 fully saturated rings. The lowest BCUT2D eigenvalue weighted by atomic mass is 10.2. The first kappa shape index (κ1) is 20.7. The van der Waals surface area contributed by atoms with Crippen LogP contribution >= 0.6 is 35.3 Å². The molecule has 2 rings (SSSR count). The molecule has 1 saturated carbocycles. The van der Waals surface area contributed by atoms with Gasteiger partial charge in [0.1, 0.15) is 0 Å². The number of thiophene rings is 1. The second kappa shape index (κ2) is 11.3. The number of aliphatic imine (C=N–C) groups is 1. The minimum absolute atomic E-state index is 0. The van der Waals surface area contributed by atoms with Crippen molar-refractivity contribution in [2.45, 2.75) is 38.1 Å². The van der Waals surface area contributed by atoms with E-state index in [0.29, 0.717) is 0 Å². The van der Waals surface area contributed by atoms with E-state index >= 15 is 0 Å². The fraction of sp³-hybridized carbons (Fsp3) is 0.706.